The number of aromatic nitrogens is 1. The fourth-order valence-corrected chi connectivity index (χ4v) is 2.69. The number of hydrogen-bond acceptors (Lipinski definition) is 3. The van der Waals surface area contributed by atoms with Crippen LogP contribution in [0.3, 0.4) is 0 Å². The van der Waals surface area contributed by atoms with Crippen molar-refractivity contribution in [3.8, 4) is 0 Å². The van der Waals surface area contributed by atoms with Crippen LogP contribution in [0, 0.1) is 5.82 Å². The van der Waals surface area contributed by atoms with Gasteiger partial charge in [0.05, 0.1) is 16.8 Å². The molecule has 0 saturated carbocycles. The van der Waals surface area contributed by atoms with E-state index in [4.69, 9.17) is 0 Å². The molecular weight excluding hydrogens is 323 g/mol. The van der Waals surface area contributed by atoms with Crippen LogP contribution in [0.5, 0.6) is 0 Å². The average Bonchev–Trinajstić information content (AvgIpc) is 2.29. The van der Waals surface area contributed by atoms with Gasteiger partial charge in [0.25, 0.3) is 10.0 Å². The number of hydrogen-bond donors (Lipinski definition) is 1. The first-order chi connectivity index (χ1) is 8.47. The Labute approximate surface area is 112 Å². The summed E-state index contributed by atoms with van der Waals surface area (Å²) < 4.78 is 39.6. The van der Waals surface area contributed by atoms with Crippen molar-refractivity contribution in [2.45, 2.75) is 4.90 Å². The largest absolute Gasteiger partial charge is 0.278 e. The van der Waals surface area contributed by atoms with Crippen molar-refractivity contribution >= 4 is 31.6 Å². The number of anilines is 1. The van der Waals surface area contributed by atoms with Crippen molar-refractivity contribution in [3.63, 3.8) is 0 Å². The van der Waals surface area contributed by atoms with E-state index in [0.717, 1.165) is 12.1 Å². The van der Waals surface area contributed by atoms with E-state index in [-0.39, 0.29) is 4.90 Å². The zero-order chi connectivity index (χ0) is 13.2. The molecule has 0 unspecified atom stereocenters. The third-order valence-corrected chi connectivity index (χ3v) is 3.91. The van der Waals surface area contributed by atoms with Crippen molar-refractivity contribution < 1.29 is 12.8 Å². The summed E-state index contributed by atoms with van der Waals surface area (Å²) in [7, 11) is -3.72. The summed E-state index contributed by atoms with van der Waals surface area (Å²) >= 11 is 3.19. The molecule has 4 nitrogen and oxygen atoms in total. The van der Waals surface area contributed by atoms with Gasteiger partial charge >= 0.3 is 0 Å². The zero-order valence-electron chi connectivity index (χ0n) is 8.97. The highest BCUT2D eigenvalue weighted by Gasteiger charge is 2.14. The Morgan fingerprint density at radius 2 is 1.83 bits per heavy atom. The summed E-state index contributed by atoms with van der Waals surface area (Å²) in [6.45, 7) is 0. The minimum atomic E-state index is -3.72. The average molecular weight is 331 g/mol. The molecule has 0 bridgehead atoms. The van der Waals surface area contributed by atoms with Gasteiger partial charge in [-0.25, -0.2) is 12.8 Å². The quantitative estimate of drug-likeness (QED) is 0.941. The maximum absolute atomic E-state index is 12.7. The monoisotopic (exact) mass is 330 g/mol. The third-order valence-electron chi connectivity index (χ3n) is 2.08. The molecule has 7 heteroatoms. The second-order valence-electron chi connectivity index (χ2n) is 3.45. The Morgan fingerprint density at radius 1 is 1.17 bits per heavy atom. The summed E-state index contributed by atoms with van der Waals surface area (Å²) in [6, 6.07) is 6.15. The summed E-state index contributed by atoms with van der Waals surface area (Å²) in [4.78, 5) is 3.83. The molecule has 1 N–H and O–H groups in total. The van der Waals surface area contributed by atoms with Gasteiger partial charge in [0.2, 0.25) is 0 Å². The smallest absolute Gasteiger partial charge is 0.261 e. The molecule has 1 heterocycles. The zero-order valence-corrected chi connectivity index (χ0v) is 11.4. The van der Waals surface area contributed by atoms with Crippen molar-refractivity contribution in [2.24, 2.45) is 0 Å². The molecule has 2 rings (SSSR count). The van der Waals surface area contributed by atoms with Crippen LogP contribution in [0.15, 0.2) is 52.1 Å². The SMILES string of the molecule is O=S(=O)(Nc1cncc(Br)c1)c1ccc(F)cc1. The van der Waals surface area contributed by atoms with Gasteiger partial charge in [-0.3, -0.25) is 9.71 Å². The van der Waals surface area contributed by atoms with Crippen LogP contribution in [0.2, 0.25) is 0 Å². The number of nitrogens with zero attached hydrogens (tertiary/aromatic N) is 1. The lowest BCUT2D eigenvalue weighted by Gasteiger charge is -2.07. The lowest BCUT2D eigenvalue weighted by Crippen LogP contribution is -2.13. The van der Waals surface area contributed by atoms with E-state index >= 15 is 0 Å². The molecule has 0 saturated heterocycles. The fraction of sp³-hybridized carbons (Fsp3) is 0. The standard InChI is InChI=1S/C11H8BrFN2O2S/c12-8-5-10(7-14-6-8)15-18(16,17)11-3-1-9(13)2-4-11/h1-7,15H. The molecule has 2 aromatic rings. The molecule has 18 heavy (non-hydrogen) atoms. The second kappa shape index (κ2) is 5.03. The number of halogens is 2. The van der Waals surface area contributed by atoms with Crippen LogP contribution in [0.25, 0.3) is 0 Å². The number of nitrogens with one attached hydrogen (secondary N) is 1. The molecule has 0 aliphatic rings. The van der Waals surface area contributed by atoms with Crippen LogP contribution in [0.1, 0.15) is 0 Å². The van der Waals surface area contributed by atoms with Gasteiger partial charge in [-0.1, -0.05) is 0 Å². The topological polar surface area (TPSA) is 59.1 Å². The Kier molecular flexibility index (Phi) is 3.63. The summed E-state index contributed by atoms with van der Waals surface area (Å²) in [5.74, 6) is -0.488. The van der Waals surface area contributed by atoms with Crippen molar-refractivity contribution in [3.05, 3.63) is 53.0 Å². The predicted molar refractivity (Wildman–Crippen MR) is 69.1 cm³/mol. The van der Waals surface area contributed by atoms with Crippen LogP contribution in [-0.2, 0) is 10.0 Å². The van der Waals surface area contributed by atoms with Gasteiger partial charge in [0.15, 0.2) is 0 Å². The molecule has 1 aromatic carbocycles. The number of sulfonamides is 1. The lowest BCUT2D eigenvalue weighted by atomic mass is 10.4. The highest BCUT2D eigenvalue weighted by atomic mass is 79.9. The fourth-order valence-electron chi connectivity index (χ4n) is 1.30. The van der Waals surface area contributed by atoms with Crippen molar-refractivity contribution in [1.82, 2.24) is 4.98 Å². The Morgan fingerprint density at radius 3 is 2.44 bits per heavy atom. The summed E-state index contributed by atoms with van der Waals surface area (Å²) in [5.41, 5.74) is 0.328. The van der Waals surface area contributed by atoms with E-state index in [1.54, 1.807) is 6.07 Å². The highest BCUT2D eigenvalue weighted by molar-refractivity contribution is 9.10. The van der Waals surface area contributed by atoms with Crippen LogP contribution >= 0.6 is 15.9 Å². The van der Waals surface area contributed by atoms with Crippen LogP contribution in [0.4, 0.5) is 10.1 Å². The first kappa shape index (κ1) is 13.0. The third kappa shape index (κ3) is 3.05. The molecular formula is C11H8BrFN2O2S. The number of rotatable bonds is 3. The highest BCUT2D eigenvalue weighted by Crippen LogP contribution is 2.18. The van der Waals surface area contributed by atoms with E-state index in [0.29, 0.717) is 10.2 Å². The normalized spacial score (nSPS) is 11.2. The van der Waals surface area contributed by atoms with E-state index in [1.165, 1.54) is 24.5 Å². The maximum Gasteiger partial charge on any atom is 0.261 e. The molecule has 0 radical (unpaired) electrons. The number of pyridine rings is 1. The van der Waals surface area contributed by atoms with Crippen LogP contribution in [-0.4, -0.2) is 13.4 Å². The Bertz CT molecular complexity index is 659. The first-order valence-electron chi connectivity index (χ1n) is 4.86. The molecule has 0 amide bonds. The van der Waals surface area contributed by atoms with E-state index in [1.807, 2.05) is 0 Å². The summed E-state index contributed by atoms with van der Waals surface area (Å²) in [5, 5.41) is 0. The minimum Gasteiger partial charge on any atom is -0.278 e. The van der Waals surface area contributed by atoms with E-state index in [9.17, 15) is 12.8 Å². The first-order valence-corrected chi connectivity index (χ1v) is 7.14. The van der Waals surface area contributed by atoms with Gasteiger partial charge in [-0.05, 0) is 46.3 Å². The van der Waals surface area contributed by atoms with Gasteiger partial charge in [0.1, 0.15) is 5.82 Å². The molecule has 94 valence electrons. The van der Waals surface area contributed by atoms with Gasteiger partial charge in [-0.2, -0.15) is 0 Å². The Balaban J connectivity index is 2.30. The van der Waals surface area contributed by atoms with Gasteiger partial charge in [-0.15, -0.1) is 0 Å². The Hall–Kier alpha value is -1.47. The maximum atomic E-state index is 12.7. The van der Waals surface area contributed by atoms with Gasteiger partial charge < -0.3 is 0 Å². The predicted octanol–water partition coefficient (Wildman–Crippen LogP) is 2.78. The number of benzene rings is 1. The van der Waals surface area contributed by atoms with Crippen molar-refractivity contribution in [2.75, 3.05) is 4.72 Å². The second-order valence-corrected chi connectivity index (χ2v) is 6.05. The van der Waals surface area contributed by atoms with Gasteiger partial charge in [0, 0.05) is 10.7 Å². The summed E-state index contributed by atoms with van der Waals surface area (Å²) in [6.07, 6.45) is 2.92. The van der Waals surface area contributed by atoms with Crippen molar-refractivity contribution in [1.29, 1.82) is 0 Å². The molecule has 0 spiro atoms. The van der Waals surface area contributed by atoms with E-state index < -0.39 is 15.8 Å². The minimum absolute atomic E-state index is 0.0103. The molecule has 0 aliphatic carbocycles. The lowest BCUT2D eigenvalue weighted by molar-refractivity contribution is 0.599. The molecule has 0 aliphatic heterocycles. The molecule has 1 aromatic heterocycles. The van der Waals surface area contributed by atoms with Crippen LogP contribution < -0.4 is 4.72 Å². The van der Waals surface area contributed by atoms with E-state index in [2.05, 4.69) is 25.6 Å². The molecule has 0 fully saturated rings. The molecule has 0 atom stereocenters.